The van der Waals surface area contributed by atoms with Gasteiger partial charge in [0.2, 0.25) is 0 Å². The van der Waals surface area contributed by atoms with Crippen LogP contribution in [0.5, 0.6) is 0 Å². The molecule has 62 valence electrons. The van der Waals surface area contributed by atoms with Crippen molar-refractivity contribution in [2.75, 3.05) is 0 Å². The Morgan fingerprint density at radius 3 is 2.36 bits per heavy atom. The van der Waals surface area contributed by atoms with Crippen LogP contribution in [0.4, 0.5) is 0 Å². The summed E-state index contributed by atoms with van der Waals surface area (Å²) >= 11 is 0. The van der Waals surface area contributed by atoms with E-state index in [4.69, 9.17) is 0 Å². The highest BCUT2D eigenvalue weighted by atomic mass is 14.7. The number of rotatable bonds is 1. The second kappa shape index (κ2) is 5.90. The quantitative estimate of drug-likeness (QED) is 0.601. The molecule has 0 radical (unpaired) electrons. The highest BCUT2D eigenvalue weighted by molar-refractivity contribution is 5.16. The Balaban J connectivity index is 0.000000461. The molecule has 0 aliphatic carbocycles. The molecule has 0 atom stereocenters. The highest BCUT2D eigenvalue weighted by Gasteiger charge is 1.91. The molecule has 0 saturated carbocycles. The van der Waals surface area contributed by atoms with Crippen LogP contribution in [0.25, 0.3) is 0 Å². The number of pyridine rings is 1. The van der Waals surface area contributed by atoms with Crippen molar-refractivity contribution in [3.8, 4) is 0 Å². The fourth-order valence-corrected chi connectivity index (χ4v) is 0.889. The van der Waals surface area contributed by atoms with Crippen LogP contribution in [-0.2, 0) is 6.42 Å². The van der Waals surface area contributed by atoms with Crippen molar-refractivity contribution < 1.29 is 0 Å². The maximum absolute atomic E-state index is 4.20. The number of aromatic nitrogens is 1. The van der Waals surface area contributed by atoms with Crippen molar-refractivity contribution >= 4 is 0 Å². The van der Waals surface area contributed by atoms with Gasteiger partial charge in [0.15, 0.2) is 0 Å². The van der Waals surface area contributed by atoms with Gasteiger partial charge in [-0.15, -0.1) is 0 Å². The second-order valence-electron chi connectivity index (χ2n) is 2.12. The SMILES string of the molecule is CC.CCc1ncccc1C. The van der Waals surface area contributed by atoms with Gasteiger partial charge in [-0.1, -0.05) is 26.8 Å². The number of hydrogen-bond acceptors (Lipinski definition) is 1. The highest BCUT2D eigenvalue weighted by Crippen LogP contribution is 2.01. The molecule has 0 bridgehead atoms. The van der Waals surface area contributed by atoms with E-state index in [-0.39, 0.29) is 0 Å². The van der Waals surface area contributed by atoms with Crippen LogP contribution >= 0.6 is 0 Å². The van der Waals surface area contributed by atoms with E-state index in [0.29, 0.717) is 0 Å². The standard InChI is InChI=1S/C8H11N.C2H6/c1-3-8-7(2)5-4-6-9-8;1-2/h4-6H,3H2,1-2H3;1-2H3. The predicted molar refractivity (Wildman–Crippen MR) is 49.7 cm³/mol. The van der Waals surface area contributed by atoms with Gasteiger partial charge in [0, 0.05) is 11.9 Å². The van der Waals surface area contributed by atoms with Gasteiger partial charge in [-0.05, 0) is 25.0 Å². The molecule has 1 heterocycles. The molecule has 0 saturated heterocycles. The van der Waals surface area contributed by atoms with Gasteiger partial charge in [0.25, 0.3) is 0 Å². The molecule has 1 aromatic rings. The van der Waals surface area contributed by atoms with Crippen molar-refractivity contribution in [3.05, 3.63) is 29.6 Å². The summed E-state index contributed by atoms with van der Waals surface area (Å²) in [5, 5.41) is 0. The van der Waals surface area contributed by atoms with Crippen LogP contribution in [0.1, 0.15) is 32.0 Å². The van der Waals surface area contributed by atoms with Gasteiger partial charge >= 0.3 is 0 Å². The van der Waals surface area contributed by atoms with Gasteiger partial charge in [-0.3, -0.25) is 4.98 Å². The van der Waals surface area contributed by atoms with E-state index in [1.165, 1.54) is 11.3 Å². The smallest absolute Gasteiger partial charge is 0.0429 e. The summed E-state index contributed by atoms with van der Waals surface area (Å²) in [6, 6.07) is 4.06. The Kier molecular flexibility index (Phi) is 5.44. The van der Waals surface area contributed by atoms with Gasteiger partial charge in [0.05, 0.1) is 0 Å². The largest absolute Gasteiger partial charge is 0.261 e. The molecule has 0 aliphatic rings. The Morgan fingerprint density at radius 1 is 1.36 bits per heavy atom. The van der Waals surface area contributed by atoms with Crippen molar-refractivity contribution in [1.82, 2.24) is 4.98 Å². The monoisotopic (exact) mass is 151 g/mol. The third kappa shape index (κ3) is 3.17. The van der Waals surface area contributed by atoms with E-state index in [1.54, 1.807) is 0 Å². The Hall–Kier alpha value is -0.850. The average Bonchev–Trinajstić information content (AvgIpc) is 2.09. The fourth-order valence-electron chi connectivity index (χ4n) is 0.889. The molecule has 1 heteroatoms. The Labute approximate surface area is 69.5 Å². The van der Waals surface area contributed by atoms with Gasteiger partial charge in [-0.25, -0.2) is 0 Å². The van der Waals surface area contributed by atoms with Crippen LogP contribution in [0.2, 0.25) is 0 Å². The van der Waals surface area contributed by atoms with Crippen molar-refractivity contribution in [1.29, 1.82) is 0 Å². The van der Waals surface area contributed by atoms with E-state index in [0.717, 1.165) is 6.42 Å². The summed E-state index contributed by atoms with van der Waals surface area (Å²) in [7, 11) is 0. The predicted octanol–water partition coefficient (Wildman–Crippen LogP) is 2.98. The van der Waals surface area contributed by atoms with E-state index in [1.807, 2.05) is 26.1 Å². The molecule has 0 spiro atoms. The summed E-state index contributed by atoms with van der Waals surface area (Å²) < 4.78 is 0. The first-order valence-electron chi connectivity index (χ1n) is 4.25. The molecular formula is C10H17N. The van der Waals surface area contributed by atoms with Gasteiger partial charge in [0.1, 0.15) is 0 Å². The van der Waals surface area contributed by atoms with E-state index < -0.39 is 0 Å². The molecule has 0 aliphatic heterocycles. The molecule has 0 unspecified atom stereocenters. The lowest BCUT2D eigenvalue weighted by Gasteiger charge is -1.97. The summed E-state index contributed by atoms with van der Waals surface area (Å²) in [4.78, 5) is 4.20. The molecule has 1 rings (SSSR count). The zero-order valence-corrected chi connectivity index (χ0v) is 7.89. The zero-order chi connectivity index (χ0) is 8.69. The number of hydrogen-bond donors (Lipinski definition) is 0. The molecule has 0 N–H and O–H groups in total. The first-order chi connectivity index (χ1) is 5.34. The lowest BCUT2D eigenvalue weighted by molar-refractivity contribution is 1.01. The summed E-state index contributed by atoms with van der Waals surface area (Å²) in [5.74, 6) is 0. The van der Waals surface area contributed by atoms with Gasteiger partial charge < -0.3 is 0 Å². The van der Waals surface area contributed by atoms with Crippen molar-refractivity contribution in [2.45, 2.75) is 34.1 Å². The van der Waals surface area contributed by atoms with Gasteiger partial charge in [-0.2, -0.15) is 0 Å². The van der Waals surface area contributed by atoms with E-state index in [2.05, 4.69) is 24.9 Å². The topological polar surface area (TPSA) is 12.9 Å². The van der Waals surface area contributed by atoms with Crippen LogP contribution < -0.4 is 0 Å². The molecule has 11 heavy (non-hydrogen) atoms. The number of aryl methyl sites for hydroxylation is 2. The van der Waals surface area contributed by atoms with E-state index >= 15 is 0 Å². The zero-order valence-electron chi connectivity index (χ0n) is 7.89. The fraction of sp³-hybridized carbons (Fsp3) is 0.500. The molecule has 1 nitrogen and oxygen atoms in total. The molecular weight excluding hydrogens is 134 g/mol. The minimum Gasteiger partial charge on any atom is -0.261 e. The first-order valence-corrected chi connectivity index (χ1v) is 4.25. The van der Waals surface area contributed by atoms with Crippen LogP contribution in [-0.4, -0.2) is 4.98 Å². The maximum Gasteiger partial charge on any atom is 0.0429 e. The first kappa shape index (κ1) is 10.2. The molecule has 0 aromatic carbocycles. The molecule has 0 fully saturated rings. The minimum atomic E-state index is 1.03. The van der Waals surface area contributed by atoms with Crippen LogP contribution in [0.3, 0.4) is 0 Å². The Bertz CT molecular complexity index is 194. The maximum atomic E-state index is 4.20. The number of nitrogens with zero attached hydrogens (tertiary/aromatic N) is 1. The summed E-state index contributed by atoms with van der Waals surface area (Å²) in [6.07, 6.45) is 2.87. The van der Waals surface area contributed by atoms with Crippen molar-refractivity contribution in [2.24, 2.45) is 0 Å². The normalized spacial score (nSPS) is 8.36. The lowest BCUT2D eigenvalue weighted by Crippen LogP contribution is -1.88. The summed E-state index contributed by atoms with van der Waals surface area (Å²) in [5.41, 5.74) is 2.50. The Morgan fingerprint density at radius 2 is 2.00 bits per heavy atom. The third-order valence-electron chi connectivity index (χ3n) is 1.45. The third-order valence-corrected chi connectivity index (χ3v) is 1.45. The van der Waals surface area contributed by atoms with Crippen LogP contribution in [0, 0.1) is 6.92 Å². The van der Waals surface area contributed by atoms with Crippen molar-refractivity contribution in [3.63, 3.8) is 0 Å². The van der Waals surface area contributed by atoms with E-state index in [9.17, 15) is 0 Å². The lowest BCUT2D eigenvalue weighted by atomic mass is 10.2. The average molecular weight is 151 g/mol. The van der Waals surface area contributed by atoms with Crippen LogP contribution in [0.15, 0.2) is 18.3 Å². The summed E-state index contributed by atoms with van der Waals surface area (Å²) in [6.45, 7) is 8.21. The molecule has 1 aromatic heterocycles. The second-order valence-corrected chi connectivity index (χ2v) is 2.12. The minimum absolute atomic E-state index is 1.03. The molecule has 0 amide bonds.